The summed E-state index contributed by atoms with van der Waals surface area (Å²) in [6.45, 7) is 6.31. The van der Waals surface area contributed by atoms with Gasteiger partial charge in [0.2, 0.25) is 0 Å². The van der Waals surface area contributed by atoms with Gasteiger partial charge in [0.15, 0.2) is 0 Å². The highest BCUT2D eigenvalue weighted by Crippen LogP contribution is 2.36. The van der Waals surface area contributed by atoms with E-state index in [2.05, 4.69) is 43.0 Å². The van der Waals surface area contributed by atoms with Crippen molar-refractivity contribution in [1.29, 1.82) is 0 Å². The van der Waals surface area contributed by atoms with Crippen molar-refractivity contribution in [2.75, 3.05) is 29.4 Å². The summed E-state index contributed by atoms with van der Waals surface area (Å²) < 4.78 is 13.8. The molecule has 2 amide bonds. The van der Waals surface area contributed by atoms with E-state index >= 15 is 0 Å². The molecular formula is C33H30ClN3O3S. The number of hydrogen-bond donors (Lipinski definition) is 0. The van der Waals surface area contributed by atoms with Crippen molar-refractivity contribution < 1.29 is 13.8 Å². The first kappa shape index (κ1) is 27.2. The van der Waals surface area contributed by atoms with Crippen molar-refractivity contribution in [3.63, 3.8) is 0 Å². The molecule has 6 nitrogen and oxygen atoms in total. The van der Waals surface area contributed by atoms with Crippen LogP contribution >= 0.6 is 11.6 Å². The Morgan fingerprint density at radius 2 is 1.73 bits per heavy atom. The van der Waals surface area contributed by atoms with Crippen molar-refractivity contribution in [2.24, 2.45) is 0 Å². The number of amides is 2. The molecule has 41 heavy (non-hydrogen) atoms. The maximum absolute atomic E-state index is 13.9. The number of anilines is 2. The Morgan fingerprint density at radius 3 is 2.51 bits per heavy atom. The molecule has 2 aliphatic rings. The van der Waals surface area contributed by atoms with E-state index in [0.29, 0.717) is 44.7 Å². The van der Waals surface area contributed by atoms with Crippen molar-refractivity contribution >= 4 is 45.6 Å². The van der Waals surface area contributed by atoms with Gasteiger partial charge in [0.25, 0.3) is 11.8 Å². The van der Waals surface area contributed by atoms with Crippen LogP contribution in [-0.2, 0) is 17.3 Å². The summed E-state index contributed by atoms with van der Waals surface area (Å²) in [7, 11) is -1.59. The third-order valence-corrected chi connectivity index (χ3v) is 9.47. The van der Waals surface area contributed by atoms with Crippen LogP contribution in [0.5, 0.6) is 0 Å². The molecule has 2 aliphatic heterocycles. The Morgan fingerprint density at radius 1 is 0.927 bits per heavy atom. The molecule has 208 valence electrons. The maximum Gasteiger partial charge on any atom is 0.259 e. The van der Waals surface area contributed by atoms with Gasteiger partial charge in [0.05, 0.1) is 38.4 Å². The second-order valence-corrected chi connectivity index (χ2v) is 12.5. The van der Waals surface area contributed by atoms with Crippen LogP contribution in [0.3, 0.4) is 0 Å². The van der Waals surface area contributed by atoms with E-state index in [4.69, 9.17) is 11.6 Å². The smallest absolute Gasteiger partial charge is 0.259 e. The lowest BCUT2D eigenvalue weighted by atomic mass is 10.1. The summed E-state index contributed by atoms with van der Waals surface area (Å²) in [4.78, 5) is 34.5. The quantitative estimate of drug-likeness (QED) is 0.282. The molecule has 4 aromatic rings. The summed E-state index contributed by atoms with van der Waals surface area (Å²) in [5.41, 5.74) is 4.52. The van der Waals surface area contributed by atoms with E-state index in [1.54, 1.807) is 53.4 Å². The van der Waals surface area contributed by atoms with Gasteiger partial charge in [-0.1, -0.05) is 48.0 Å². The van der Waals surface area contributed by atoms with E-state index in [0.717, 1.165) is 17.8 Å². The lowest BCUT2D eigenvalue weighted by Gasteiger charge is -2.41. The van der Waals surface area contributed by atoms with Gasteiger partial charge in [-0.25, -0.2) is 4.21 Å². The molecule has 0 saturated carbocycles. The first-order chi connectivity index (χ1) is 19.8. The molecular weight excluding hydrogens is 554 g/mol. The summed E-state index contributed by atoms with van der Waals surface area (Å²) in [6, 6.07) is 28.1. The molecule has 0 aliphatic carbocycles. The van der Waals surface area contributed by atoms with Crippen molar-refractivity contribution in [3.05, 3.63) is 118 Å². The molecule has 8 heteroatoms. The first-order valence-corrected chi connectivity index (χ1v) is 15.2. The fourth-order valence-electron chi connectivity index (χ4n) is 5.69. The Kier molecular flexibility index (Phi) is 7.41. The molecule has 0 spiro atoms. The number of hydrogen-bond acceptors (Lipinski definition) is 4. The van der Waals surface area contributed by atoms with Crippen LogP contribution in [-0.4, -0.2) is 46.6 Å². The Labute approximate surface area is 247 Å². The van der Waals surface area contributed by atoms with E-state index in [1.165, 1.54) is 5.56 Å². The average molecular weight is 584 g/mol. The molecule has 1 fully saturated rings. The minimum atomic E-state index is -1.59. The number of fused-ring (bicyclic) bond motifs is 2. The predicted octanol–water partition coefficient (Wildman–Crippen LogP) is 6.33. The van der Waals surface area contributed by atoms with Crippen LogP contribution in [0.4, 0.5) is 11.4 Å². The Hall–Kier alpha value is -3.94. The third-order valence-electron chi connectivity index (χ3n) is 7.74. The number of halogens is 1. The van der Waals surface area contributed by atoms with Crippen molar-refractivity contribution in [2.45, 2.75) is 36.2 Å². The highest BCUT2D eigenvalue weighted by Gasteiger charge is 2.33. The fraction of sp³-hybridized carbons (Fsp3) is 0.212. The Bertz CT molecular complexity index is 1690. The van der Waals surface area contributed by atoms with Gasteiger partial charge in [-0.2, -0.15) is 0 Å². The van der Waals surface area contributed by atoms with Crippen molar-refractivity contribution in [1.82, 2.24) is 4.90 Å². The molecule has 0 N–H and O–H groups in total. The largest absolute Gasteiger partial charge is 0.365 e. The summed E-state index contributed by atoms with van der Waals surface area (Å²) in [5.74, 6) is -0.371. The monoisotopic (exact) mass is 583 g/mol. The second-order valence-electron chi connectivity index (χ2n) is 10.6. The van der Waals surface area contributed by atoms with Gasteiger partial charge in [-0.15, -0.1) is 0 Å². The van der Waals surface area contributed by atoms with Gasteiger partial charge in [-0.3, -0.25) is 9.59 Å². The van der Waals surface area contributed by atoms with E-state index in [1.807, 2.05) is 23.1 Å². The van der Waals surface area contributed by atoms with Crippen LogP contribution in [0.15, 0.2) is 101 Å². The van der Waals surface area contributed by atoms with Gasteiger partial charge in [-0.05, 0) is 79.6 Å². The molecule has 4 aromatic carbocycles. The van der Waals surface area contributed by atoms with Crippen LogP contribution in [0.25, 0.3) is 0 Å². The number of rotatable bonds is 4. The molecule has 2 heterocycles. The van der Waals surface area contributed by atoms with Gasteiger partial charge in [0, 0.05) is 41.9 Å². The average Bonchev–Trinajstić information content (AvgIpc) is 3.06. The van der Waals surface area contributed by atoms with E-state index in [9.17, 15) is 13.8 Å². The van der Waals surface area contributed by atoms with E-state index in [-0.39, 0.29) is 24.4 Å². The molecule has 1 saturated heterocycles. The minimum absolute atomic E-state index is 0.105. The van der Waals surface area contributed by atoms with Crippen LogP contribution < -0.4 is 9.80 Å². The standard InChI is InChI=1S/C33H30ClN3O3S/c1-22-7-5-10-27(17-22)36-16-15-35(20-23(36)2)32(38)25-13-14-31-29(19-25)37(21-24-8-6-9-26(34)18-24)33(39)28-11-3-4-12-30(28)41(31)40/h3-14,17-19,23H,15-16,20-21H2,1-2H3. The normalized spacial score (nSPS) is 18.5. The topological polar surface area (TPSA) is 60.9 Å². The number of benzene rings is 4. The number of carbonyl (C=O) groups excluding carboxylic acids is 2. The van der Waals surface area contributed by atoms with Crippen LogP contribution in [0.2, 0.25) is 5.02 Å². The molecule has 2 unspecified atom stereocenters. The highest BCUT2D eigenvalue weighted by molar-refractivity contribution is 7.85. The second kappa shape index (κ2) is 11.1. The number of aryl methyl sites for hydroxylation is 1. The zero-order chi connectivity index (χ0) is 28.7. The van der Waals surface area contributed by atoms with Crippen molar-refractivity contribution in [3.8, 4) is 0 Å². The summed E-state index contributed by atoms with van der Waals surface area (Å²) in [6.07, 6.45) is 0. The van der Waals surface area contributed by atoms with Crippen LogP contribution in [0, 0.1) is 6.92 Å². The number of piperazine rings is 1. The molecule has 6 rings (SSSR count). The zero-order valence-corrected chi connectivity index (χ0v) is 24.5. The maximum atomic E-state index is 13.9. The Balaban J connectivity index is 1.34. The summed E-state index contributed by atoms with van der Waals surface area (Å²) in [5, 5.41) is 0.567. The van der Waals surface area contributed by atoms with Gasteiger partial charge >= 0.3 is 0 Å². The lowest BCUT2D eigenvalue weighted by Crippen LogP contribution is -2.53. The molecule has 0 aromatic heterocycles. The highest BCUT2D eigenvalue weighted by atomic mass is 35.5. The third kappa shape index (κ3) is 5.27. The number of nitrogens with zero attached hydrogens (tertiary/aromatic N) is 3. The molecule has 2 atom stereocenters. The summed E-state index contributed by atoms with van der Waals surface area (Å²) >= 11 is 6.25. The zero-order valence-electron chi connectivity index (χ0n) is 22.9. The number of carbonyl (C=O) groups is 2. The SMILES string of the molecule is Cc1cccc(N2CCN(C(=O)c3ccc4c(c3)N(Cc3cccc(Cl)c3)C(=O)c3ccccc3S4=O)CC2C)c1. The molecule has 0 bridgehead atoms. The van der Waals surface area contributed by atoms with Gasteiger partial charge in [0.1, 0.15) is 0 Å². The van der Waals surface area contributed by atoms with E-state index < -0.39 is 10.8 Å². The van der Waals surface area contributed by atoms with Gasteiger partial charge < -0.3 is 14.7 Å². The first-order valence-electron chi connectivity index (χ1n) is 13.6. The minimum Gasteiger partial charge on any atom is -0.365 e. The fourth-order valence-corrected chi connectivity index (χ4v) is 7.24. The predicted molar refractivity (Wildman–Crippen MR) is 163 cm³/mol. The molecule has 0 radical (unpaired) electrons. The lowest BCUT2D eigenvalue weighted by molar-refractivity contribution is 0.0726. The van der Waals surface area contributed by atoms with Crippen LogP contribution in [0.1, 0.15) is 38.8 Å².